The van der Waals surface area contributed by atoms with Crippen LogP contribution < -0.4 is 0 Å². The van der Waals surface area contributed by atoms with Crippen molar-refractivity contribution in [3.05, 3.63) is 24.3 Å². The van der Waals surface area contributed by atoms with Gasteiger partial charge in [-0.15, -0.1) is 0 Å². The van der Waals surface area contributed by atoms with Crippen molar-refractivity contribution in [1.29, 1.82) is 0 Å². The van der Waals surface area contributed by atoms with Crippen molar-refractivity contribution in [2.75, 3.05) is 26.4 Å². The minimum atomic E-state index is -4.64. The summed E-state index contributed by atoms with van der Waals surface area (Å²) in [7, 11) is -4.64. The molecule has 0 aliphatic heterocycles. The normalized spacial score (nSPS) is 13.9. The molecule has 0 rings (SSSR count). The van der Waals surface area contributed by atoms with E-state index in [1.165, 1.54) is 186 Å². The average molecular weight is 873 g/mol. The molecule has 0 saturated heterocycles. The number of hydrogen-bond donors (Lipinski definition) is 3. The number of ether oxygens (including phenoxy) is 2. The predicted molar refractivity (Wildman–Crippen MR) is 247 cm³/mol. The van der Waals surface area contributed by atoms with Crippen LogP contribution in [0.3, 0.4) is 0 Å². The molecule has 3 N–H and O–H groups in total. The van der Waals surface area contributed by atoms with Gasteiger partial charge in [0.15, 0.2) is 6.10 Å². The lowest BCUT2D eigenvalue weighted by molar-refractivity contribution is -0.157. The molecule has 60 heavy (non-hydrogen) atoms. The Hall–Kier alpha value is -1.55. The van der Waals surface area contributed by atoms with Crippen molar-refractivity contribution in [3.63, 3.8) is 0 Å². The molecule has 0 spiro atoms. The van der Waals surface area contributed by atoms with Crippen LogP contribution in [0, 0.1) is 0 Å². The van der Waals surface area contributed by atoms with Crippen LogP contribution in [0.25, 0.3) is 0 Å². The average Bonchev–Trinajstić information content (AvgIpc) is 3.24. The molecule has 0 aromatic heterocycles. The van der Waals surface area contributed by atoms with Gasteiger partial charge in [0.05, 0.1) is 19.8 Å². The van der Waals surface area contributed by atoms with E-state index in [9.17, 15) is 24.2 Å². The first kappa shape index (κ1) is 58.5. The van der Waals surface area contributed by atoms with E-state index in [0.29, 0.717) is 6.42 Å². The van der Waals surface area contributed by atoms with Crippen molar-refractivity contribution in [2.45, 2.75) is 251 Å². The number of carbonyl (C=O) groups is 2. The van der Waals surface area contributed by atoms with E-state index in [1.54, 1.807) is 12.2 Å². The summed E-state index contributed by atoms with van der Waals surface area (Å²) < 4.78 is 32.6. The minimum Gasteiger partial charge on any atom is -0.462 e. The van der Waals surface area contributed by atoms with Crippen molar-refractivity contribution in [1.82, 2.24) is 0 Å². The molecule has 0 aliphatic carbocycles. The Morgan fingerprint density at radius 1 is 0.533 bits per heavy atom. The Balaban J connectivity index is 4.20. The number of aliphatic hydroxyl groups excluding tert-OH is 2. The van der Waals surface area contributed by atoms with Gasteiger partial charge in [-0.1, -0.05) is 231 Å². The maximum atomic E-state index is 12.5. The number of esters is 2. The number of carbonyl (C=O) groups excluding carboxylic acids is 2. The molecular weight excluding hydrogens is 780 g/mol. The van der Waals surface area contributed by atoms with Crippen molar-refractivity contribution < 1.29 is 47.8 Å². The molecule has 354 valence electrons. The smallest absolute Gasteiger partial charge is 0.462 e. The number of phosphoric ester groups is 1. The highest BCUT2D eigenvalue weighted by molar-refractivity contribution is 7.47. The summed E-state index contributed by atoms with van der Waals surface area (Å²) in [6, 6.07) is 0. The van der Waals surface area contributed by atoms with Crippen LogP contribution in [-0.2, 0) is 32.7 Å². The standard InChI is InChI=1S/C49H93O10P/c1-3-5-7-9-11-13-15-17-19-20-21-22-23-24-25-27-28-30-32-34-36-38-40-48(52)56-44-47(45-58-60(54,55)57-43-46(51)42-50)59-49(53)41-39-37-35-33-31-29-26-18-16-14-12-10-8-6-4-2/h35,37,39,41,46-47,50-51H,3-34,36,38,40,42-45H2,1-2H3,(H,54,55)/b37-35+,41-39+/t46-,47-/m1/s1. The molecule has 0 heterocycles. The minimum absolute atomic E-state index is 0.227. The van der Waals surface area contributed by atoms with Crippen LogP contribution in [0.15, 0.2) is 24.3 Å². The van der Waals surface area contributed by atoms with Gasteiger partial charge in [0.1, 0.15) is 12.7 Å². The largest absolute Gasteiger partial charge is 0.472 e. The third kappa shape index (κ3) is 44.5. The SMILES string of the molecule is CCCCCCCCCCCCC/C=C/C=C/C(=O)O[C@H](COC(=O)CCCCCCCCCCCCCCCCCCCCCCCC)COP(=O)(O)OC[C@H](O)CO. The number of hydrogen-bond acceptors (Lipinski definition) is 9. The first-order valence-corrected chi connectivity index (χ1v) is 26.3. The summed E-state index contributed by atoms with van der Waals surface area (Å²) in [5.74, 6) is -1.16. The second-order valence-electron chi connectivity index (χ2n) is 16.9. The Kier molecular flexibility index (Phi) is 44.3. The topological polar surface area (TPSA) is 149 Å². The molecule has 0 aromatic carbocycles. The van der Waals surface area contributed by atoms with Crippen molar-refractivity contribution in [2.24, 2.45) is 0 Å². The van der Waals surface area contributed by atoms with Crippen LogP contribution in [0.2, 0.25) is 0 Å². The number of allylic oxidation sites excluding steroid dienone is 3. The fourth-order valence-electron chi connectivity index (χ4n) is 7.14. The van der Waals surface area contributed by atoms with E-state index in [1.807, 2.05) is 6.08 Å². The van der Waals surface area contributed by atoms with Gasteiger partial charge in [-0.25, -0.2) is 9.36 Å². The first-order valence-electron chi connectivity index (χ1n) is 24.8. The molecule has 0 bridgehead atoms. The van der Waals surface area contributed by atoms with Crippen molar-refractivity contribution >= 4 is 19.8 Å². The molecule has 10 nitrogen and oxygen atoms in total. The highest BCUT2D eigenvalue weighted by Crippen LogP contribution is 2.43. The lowest BCUT2D eigenvalue weighted by Gasteiger charge is -2.19. The number of rotatable bonds is 47. The quantitative estimate of drug-likeness (QED) is 0.0177. The molecular formula is C49H93O10P. The summed E-state index contributed by atoms with van der Waals surface area (Å²) >= 11 is 0. The van der Waals surface area contributed by atoms with Crippen LogP contribution in [0.1, 0.15) is 239 Å². The summed E-state index contributed by atoms with van der Waals surface area (Å²) in [5.41, 5.74) is 0. The van der Waals surface area contributed by atoms with Gasteiger partial charge in [0, 0.05) is 12.5 Å². The molecule has 0 amide bonds. The predicted octanol–water partition coefficient (Wildman–Crippen LogP) is 13.7. The second-order valence-corrected chi connectivity index (χ2v) is 18.4. The molecule has 0 saturated carbocycles. The molecule has 0 radical (unpaired) electrons. The van der Waals surface area contributed by atoms with Crippen LogP contribution in [0.4, 0.5) is 0 Å². The van der Waals surface area contributed by atoms with Gasteiger partial charge >= 0.3 is 19.8 Å². The summed E-state index contributed by atoms with van der Waals surface area (Å²) in [6.45, 7) is 2.30. The maximum absolute atomic E-state index is 12.5. The highest BCUT2D eigenvalue weighted by Gasteiger charge is 2.26. The van der Waals surface area contributed by atoms with Gasteiger partial charge in [-0.2, -0.15) is 0 Å². The van der Waals surface area contributed by atoms with E-state index in [-0.39, 0.29) is 13.0 Å². The van der Waals surface area contributed by atoms with E-state index in [4.69, 9.17) is 19.1 Å². The summed E-state index contributed by atoms with van der Waals surface area (Å²) in [5, 5.41) is 18.4. The first-order chi connectivity index (χ1) is 29.2. The zero-order valence-electron chi connectivity index (χ0n) is 38.7. The molecule has 1 unspecified atom stereocenters. The van der Waals surface area contributed by atoms with E-state index in [2.05, 4.69) is 18.4 Å². The highest BCUT2D eigenvalue weighted by atomic mass is 31.2. The van der Waals surface area contributed by atoms with E-state index in [0.717, 1.165) is 32.1 Å². The zero-order valence-corrected chi connectivity index (χ0v) is 39.6. The summed E-state index contributed by atoms with van der Waals surface area (Å²) in [4.78, 5) is 35.0. The van der Waals surface area contributed by atoms with E-state index < -0.39 is 51.8 Å². The van der Waals surface area contributed by atoms with Gasteiger partial charge < -0.3 is 24.6 Å². The number of aliphatic hydroxyl groups is 2. The van der Waals surface area contributed by atoms with Crippen LogP contribution in [0.5, 0.6) is 0 Å². The molecule has 11 heteroatoms. The molecule has 0 aliphatic rings. The lowest BCUT2D eigenvalue weighted by Crippen LogP contribution is -2.29. The zero-order chi connectivity index (χ0) is 44.0. The Morgan fingerprint density at radius 2 is 0.917 bits per heavy atom. The lowest BCUT2D eigenvalue weighted by atomic mass is 10.0. The summed E-state index contributed by atoms with van der Waals surface area (Å²) in [6.07, 6.45) is 47.9. The number of phosphoric acid groups is 1. The van der Waals surface area contributed by atoms with E-state index >= 15 is 0 Å². The fraction of sp³-hybridized carbons (Fsp3) is 0.878. The van der Waals surface area contributed by atoms with Gasteiger partial charge in [0.25, 0.3) is 0 Å². The fourth-order valence-corrected chi connectivity index (χ4v) is 7.93. The number of unbranched alkanes of at least 4 members (excludes halogenated alkanes) is 32. The Labute approximate surface area is 368 Å². The third-order valence-electron chi connectivity index (χ3n) is 11.0. The van der Waals surface area contributed by atoms with Gasteiger partial charge in [-0.05, 0) is 19.3 Å². The monoisotopic (exact) mass is 873 g/mol. The van der Waals surface area contributed by atoms with Crippen LogP contribution in [-0.4, -0.2) is 65.7 Å². The van der Waals surface area contributed by atoms with Gasteiger partial charge in [0.2, 0.25) is 0 Å². The molecule has 0 fully saturated rings. The second kappa shape index (κ2) is 45.5. The van der Waals surface area contributed by atoms with Crippen LogP contribution >= 0.6 is 7.82 Å². The maximum Gasteiger partial charge on any atom is 0.472 e. The Bertz CT molecular complexity index is 1050. The third-order valence-corrected chi connectivity index (χ3v) is 11.9. The van der Waals surface area contributed by atoms with Crippen molar-refractivity contribution in [3.8, 4) is 0 Å². The Morgan fingerprint density at radius 3 is 1.33 bits per heavy atom. The van der Waals surface area contributed by atoms with Gasteiger partial charge in [-0.3, -0.25) is 13.8 Å². The molecule has 0 aromatic rings. The molecule has 3 atom stereocenters.